The number of anilines is 2. The van der Waals surface area contributed by atoms with Gasteiger partial charge < -0.3 is 10.2 Å². The highest BCUT2D eigenvalue weighted by molar-refractivity contribution is 6.32. The second-order valence-corrected chi connectivity index (χ2v) is 6.13. The number of H-pyrrole nitrogens is 1. The maximum atomic E-state index is 11.5. The van der Waals surface area contributed by atoms with Crippen molar-refractivity contribution in [2.24, 2.45) is 0 Å². The van der Waals surface area contributed by atoms with E-state index in [1.165, 1.54) is 0 Å². The Hall–Kier alpha value is -2.15. The van der Waals surface area contributed by atoms with Crippen LogP contribution >= 0.6 is 11.6 Å². The minimum Gasteiger partial charge on any atom is -0.380 e. The second kappa shape index (κ2) is 6.54. The van der Waals surface area contributed by atoms with E-state index in [1.807, 2.05) is 19.9 Å². The molecule has 0 unspecified atom stereocenters. The summed E-state index contributed by atoms with van der Waals surface area (Å²) in [5.41, 5.74) is 1.19. The van der Waals surface area contributed by atoms with Gasteiger partial charge in [0.2, 0.25) is 0 Å². The molecule has 1 fully saturated rings. The summed E-state index contributed by atoms with van der Waals surface area (Å²) in [5, 5.41) is 9.56. The van der Waals surface area contributed by atoms with Crippen LogP contribution < -0.4 is 15.8 Å². The number of aromatic amines is 1. The minimum absolute atomic E-state index is 0.157. The fourth-order valence-corrected chi connectivity index (χ4v) is 2.96. The summed E-state index contributed by atoms with van der Waals surface area (Å²) in [7, 11) is 0. The van der Waals surface area contributed by atoms with E-state index in [9.17, 15) is 4.79 Å². The van der Waals surface area contributed by atoms with Crippen molar-refractivity contribution < 1.29 is 0 Å². The number of nitrogens with one attached hydrogen (secondary N) is 2. The number of halogens is 1. The first-order chi connectivity index (χ1) is 11.0. The summed E-state index contributed by atoms with van der Waals surface area (Å²) in [5.74, 6) is 1.77. The number of hydrogen-bond donors (Lipinski definition) is 2. The Kier molecular flexibility index (Phi) is 4.47. The van der Waals surface area contributed by atoms with Gasteiger partial charge in [-0.2, -0.15) is 5.10 Å². The van der Waals surface area contributed by atoms with Crippen molar-refractivity contribution in [2.75, 3.05) is 23.3 Å². The van der Waals surface area contributed by atoms with E-state index in [2.05, 4.69) is 30.4 Å². The summed E-state index contributed by atoms with van der Waals surface area (Å²) >= 11 is 6.00. The van der Waals surface area contributed by atoms with Crippen molar-refractivity contribution in [3.05, 3.63) is 39.2 Å². The quantitative estimate of drug-likeness (QED) is 0.891. The van der Waals surface area contributed by atoms with Gasteiger partial charge >= 0.3 is 0 Å². The molecule has 0 atom stereocenters. The van der Waals surface area contributed by atoms with Crippen LogP contribution in [0, 0.1) is 13.8 Å². The van der Waals surface area contributed by atoms with Gasteiger partial charge in [-0.05, 0) is 26.7 Å². The molecule has 0 spiro atoms. The molecule has 3 heterocycles. The smallest absolute Gasteiger partial charge is 0.285 e. The molecule has 0 radical (unpaired) electrons. The van der Waals surface area contributed by atoms with Gasteiger partial charge in [-0.25, -0.2) is 15.1 Å². The maximum absolute atomic E-state index is 11.5. The highest BCUT2D eigenvalue weighted by Crippen LogP contribution is 2.23. The first kappa shape index (κ1) is 15.7. The Morgan fingerprint density at radius 3 is 2.74 bits per heavy atom. The van der Waals surface area contributed by atoms with E-state index in [0.717, 1.165) is 43.3 Å². The average Bonchev–Trinajstić information content (AvgIpc) is 2.52. The molecular weight excluding hydrogens is 316 g/mol. The van der Waals surface area contributed by atoms with Gasteiger partial charge in [0.05, 0.1) is 11.9 Å². The molecule has 2 aromatic heterocycles. The van der Waals surface area contributed by atoms with Crippen molar-refractivity contribution >= 4 is 23.1 Å². The van der Waals surface area contributed by atoms with Crippen molar-refractivity contribution in [2.45, 2.75) is 32.7 Å². The van der Waals surface area contributed by atoms with Gasteiger partial charge in [-0.1, -0.05) is 11.6 Å². The fourth-order valence-electron chi connectivity index (χ4n) is 2.82. The SMILES string of the molecule is Cc1cc(N2CCC(Nc3cn[nH]c(=O)c3Cl)CC2)nc(C)n1. The van der Waals surface area contributed by atoms with Gasteiger partial charge in [0.1, 0.15) is 16.7 Å². The minimum atomic E-state index is -0.374. The lowest BCUT2D eigenvalue weighted by Gasteiger charge is -2.33. The molecule has 0 bridgehead atoms. The van der Waals surface area contributed by atoms with Crippen molar-refractivity contribution in [1.29, 1.82) is 0 Å². The van der Waals surface area contributed by atoms with Crippen LogP contribution in [0.3, 0.4) is 0 Å². The highest BCUT2D eigenvalue weighted by atomic mass is 35.5. The molecule has 0 aromatic carbocycles. The van der Waals surface area contributed by atoms with Gasteiger partial charge in [-0.15, -0.1) is 0 Å². The van der Waals surface area contributed by atoms with Gasteiger partial charge in [0.15, 0.2) is 0 Å². The number of hydrogen-bond acceptors (Lipinski definition) is 6. The van der Waals surface area contributed by atoms with Crippen LogP contribution in [0.5, 0.6) is 0 Å². The van der Waals surface area contributed by atoms with E-state index in [1.54, 1.807) is 6.20 Å². The molecule has 23 heavy (non-hydrogen) atoms. The van der Waals surface area contributed by atoms with E-state index in [-0.39, 0.29) is 16.6 Å². The number of aryl methyl sites for hydroxylation is 2. The molecule has 1 aliphatic heterocycles. The highest BCUT2D eigenvalue weighted by Gasteiger charge is 2.21. The first-order valence-corrected chi connectivity index (χ1v) is 7.97. The third kappa shape index (κ3) is 3.61. The molecule has 0 amide bonds. The average molecular weight is 335 g/mol. The third-order valence-corrected chi connectivity index (χ3v) is 4.30. The van der Waals surface area contributed by atoms with Gasteiger partial charge in [0, 0.05) is 30.9 Å². The van der Waals surface area contributed by atoms with E-state index in [0.29, 0.717) is 5.69 Å². The lowest BCUT2D eigenvalue weighted by Crippen LogP contribution is -2.40. The van der Waals surface area contributed by atoms with Gasteiger partial charge in [0.25, 0.3) is 5.56 Å². The molecule has 0 saturated carbocycles. The Morgan fingerprint density at radius 1 is 1.30 bits per heavy atom. The zero-order valence-corrected chi connectivity index (χ0v) is 13.9. The van der Waals surface area contributed by atoms with E-state index < -0.39 is 0 Å². The maximum Gasteiger partial charge on any atom is 0.285 e. The molecule has 3 rings (SSSR count). The Bertz CT molecular complexity index is 734. The van der Waals surface area contributed by atoms with Crippen molar-refractivity contribution in [3.8, 4) is 0 Å². The number of nitrogens with zero attached hydrogens (tertiary/aromatic N) is 4. The number of rotatable bonds is 3. The number of aromatic nitrogens is 4. The largest absolute Gasteiger partial charge is 0.380 e. The van der Waals surface area contributed by atoms with Crippen LogP contribution in [0.15, 0.2) is 17.1 Å². The van der Waals surface area contributed by atoms with Gasteiger partial charge in [-0.3, -0.25) is 4.79 Å². The van der Waals surface area contributed by atoms with Crippen LogP contribution in [0.1, 0.15) is 24.4 Å². The van der Waals surface area contributed by atoms with E-state index >= 15 is 0 Å². The Morgan fingerprint density at radius 2 is 2.04 bits per heavy atom. The van der Waals surface area contributed by atoms with E-state index in [4.69, 9.17) is 11.6 Å². The molecule has 1 saturated heterocycles. The predicted molar refractivity (Wildman–Crippen MR) is 90.2 cm³/mol. The third-order valence-electron chi connectivity index (χ3n) is 3.93. The summed E-state index contributed by atoms with van der Waals surface area (Å²) in [6, 6.07) is 2.27. The zero-order valence-electron chi connectivity index (χ0n) is 13.1. The topological polar surface area (TPSA) is 86.8 Å². The molecule has 8 heteroatoms. The summed E-state index contributed by atoms with van der Waals surface area (Å²) in [6.07, 6.45) is 3.42. The zero-order chi connectivity index (χ0) is 16.4. The molecule has 7 nitrogen and oxygen atoms in total. The van der Waals surface area contributed by atoms with Crippen molar-refractivity contribution in [1.82, 2.24) is 20.2 Å². The second-order valence-electron chi connectivity index (χ2n) is 5.75. The number of piperidine rings is 1. The monoisotopic (exact) mass is 334 g/mol. The first-order valence-electron chi connectivity index (χ1n) is 7.60. The Labute approximate surface area is 139 Å². The lowest BCUT2D eigenvalue weighted by atomic mass is 10.0. The van der Waals surface area contributed by atoms with Crippen LogP contribution in [0.2, 0.25) is 5.02 Å². The van der Waals surface area contributed by atoms with Crippen LogP contribution in [-0.4, -0.2) is 39.3 Å². The van der Waals surface area contributed by atoms with Crippen molar-refractivity contribution in [3.63, 3.8) is 0 Å². The van der Waals surface area contributed by atoms with Crippen LogP contribution in [0.25, 0.3) is 0 Å². The molecule has 0 aliphatic carbocycles. The molecule has 2 aromatic rings. The molecular formula is C15H19ClN6O. The molecule has 2 N–H and O–H groups in total. The van der Waals surface area contributed by atoms with Crippen LogP contribution in [0.4, 0.5) is 11.5 Å². The molecule has 1 aliphatic rings. The predicted octanol–water partition coefficient (Wildman–Crippen LogP) is 1.91. The Balaban J connectivity index is 1.64. The lowest BCUT2D eigenvalue weighted by molar-refractivity contribution is 0.522. The normalized spacial score (nSPS) is 15.7. The summed E-state index contributed by atoms with van der Waals surface area (Å²) in [4.78, 5) is 22.6. The standard InChI is InChI=1S/C15H19ClN6O/c1-9-7-13(19-10(2)18-9)22-5-3-11(4-6-22)20-12-8-17-21-15(23)14(12)16/h7-8,11H,3-6H2,1-2H3,(H2,20,21,23). The fraction of sp³-hybridized carbons (Fsp3) is 0.467. The summed E-state index contributed by atoms with van der Waals surface area (Å²) < 4.78 is 0. The molecule has 122 valence electrons. The summed E-state index contributed by atoms with van der Waals surface area (Å²) in [6.45, 7) is 5.67. The van der Waals surface area contributed by atoms with Crippen LogP contribution in [-0.2, 0) is 0 Å².